The van der Waals surface area contributed by atoms with Gasteiger partial charge in [-0.1, -0.05) is 33.6 Å². The van der Waals surface area contributed by atoms with Gasteiger partial charge >= 0.3 is 0 Å². The van der Waals surface area contributed by atoms with Crippen LogP contribution in [0.5, 0.6) is 0 Å². The summed E-state index contributed by atoms with van der Waals surface area (Å²) in [5.74, 6) is 1.06. The SMILES string of the molecule is CCC(CC1CC1)N1CCNC(CC)(CC)C1. The molecule has 1 unspecified atom stereocenters. The summed E-state index contributed by atoms with van der Waals surface area (Å²) in [4.78, 5) is 2.78. The van der Waals surface area contributed by atoms with Crippen LogP contribution in [0, 0.1) is 5.92 Å². The molecule has 0 aromatic carbocycles. The van der Waals surface area contributed by atoms with Crippen molar-refractivity contribution in [1.82, 2.24) is 10.2 Å². The highest BCUT2D eigenvalue weighted by Gasteiger charge is 2.35. The minimum Gasteiger partial charge on any atom is -0.309 e. The van der Waals surface area contributed by atoms with Gasteiger partial charge in [0.1, 0.15) is 0 Å². The van der Waals surface area contributed by atoms with Crippen molar-refractivity contribution in [3.8, 4) is 0 Å². The van der Waals surface area contributed by atoms with E-state index in [0.29, 0.717) is 5.54 Å². The van der Waals surface area contributed by atoms with Crippen LogP contribution in [-0.4, -0.2) is 36.1 Å². The molecule has 0 bridgehead atoms. The van der Waals surface area contributed by atoms with E-state index >= 15 is 0 Å². The third kappa shape index (κ3) is 3.23. The van der Waals surface area contributed by atoms with Crippen LogP contribution in [0.25, 0.3) is 0 Å². The Bertz CT molecular complexity index is 231. The van der Waals surface area contributed by atoms with E-state index in [-0.39, 0.29) is 0 Å². The van der Waals surface area contributed by atoms with Crippen molar-refractivity contribution < 1.29 is 0 Å². The van der Waals surface area contributed by atoms with E-state index in [1.165, 1.54) is 58.2 Å². The van der Waals surface area contributed by atoms with Crippen molar-refractivity contribution in [1.29, 1.82) is 0 Å². The Morgan fingerprint density at radius 2 is 1.94 bits per heavy atom. The molecule has 17 heavy (non-hydrogen) atoms. The second kappa shape index (κ2) is 5.71. The van der Waals surface area contributed by atoms with Gasteiger partial charge in [0.05, 0.1) is 0 Å². The van der Waals surface area contributed by atoms with Gasteiger partial charge in [0.2, 0.25) is 0 Å². The summed E-state index contributed by atoms with van der Waals surface area (Å²) in [5, 5.41) is 3.77. The minimum atomic E-state index is 0.398. The third-order valence-electron chi connectivity index (χ3n) is 5.05. The molecule has 1 saturated carbocycles. The molecule has 100 valence electrons. The molecule has 0 radical (unpaired) electrons. The first-order valence-corrected chi connectivity index (χ1v) is 7.72. The quantitative estimate of drug-likeness (QED) is 0.765. The lowest BCUT2D eigenvalue weighted by Crippen LogP contribution is -2.61. The summed E-state index contributed by atoms with van der Waals surface area (Å²) < 4.78 is 0. The van der Waals surface area contributed by atoms with Gasteiger partial charge in [-0.05, 0) is 31.6 Å². The lowest BCUT2D eigenvalue weighted by atomic mass is 9.89. The van der Waals surface area contributed by atoms with E-state index in [1.54, 1.807) is 0 Å². The Morgan fingerprint density at radius 1 is 1.24 bits per heavy atom. The maximum absolute atomic E-state index is 3.77. The summed E-state index contributed by atoms with van der Waals surface area (Å²) in [7, 11) is 0. The van der Waals surface area contributed by atoms with Crippen molar-refractivity contribution in [2.24, 2.45) is 5.92 Å². The van der Waals surface area contributed by atoms with Gasteiger partial charge in [-0.25, -0.2) is 0 Å². The average Bonchev–Trinajstić information content (AvgIpc) is 3.20. The Morgan fingerprint density at radius 3 is 2.47 bits per heavy atom. The van der Waals surface area contributed by atoms with Crippen molar-refractivity contribution in [3.05, 3.63) is 0 Å². The van der Waals surface area contributed by atoms with E-state index in [4.69, 9.17) is 0 Å². The molecule has 2 rings (SSSR count). The first-order chi connectivity index (χ1) is 8.23. The van der Waals surface area contributed by atoms with Crippen LogP contribution < -0.4 is 5.32 Å². The average molecular weight is 238 g/mol. The van der Waals surface area contributed by atoms with Gasteiger partial charge in [0.15, 0.2) is 0 Å². The summed E-state index contributed by atoms with van der Waals surface area (Å²) >= 11 is 0. The molecule has 2 heteroatoms. The second-order valence-corrected chi connectivity index (χ2v) is 6.13. The van der Waals surface area contributed by atoms with Gasteiger partial charge in [-0.2, -0.15) is 0 Å². The zero-order chi connectivity index (χ0) is 12.3. The lowest BCUT2D eigenvalue weighted by Gasteiger charge is -2.46. The van der Waals surface area contributed by atoms with Crippen LogP contribution >= 0.6 is 0 Å². The van der Waals surface area contributed by atoms with Crippen molar-refractivity contribution in [3.63, 3.8) is 0 Å². The van der Waals surface area contributed by atoms with Crippen LogP contribution in [0.4, 0.5) is 0 Å². The Kier molecular flexibility index (Phi) is 4.48. The summed E-state index contributed by atoms with van der Waals surface area (Å²) in [5.41, 5.74) is 0.398. The van der Waals surface area contributed by atoms with Crippen molar-refractivity contribution >= 4 is 0 Å². The molecule has 1 heterocycles. The van der Waals surface area contributed by atoms with Crippen LogP contribution in [0.2, 0.25) is 0 Å². The molecule has 1 N–H and O–H groups in total. The summed E-state index contributed by atoms with van der Waals surface area (Å²) in [6.45, 7) is 10.7. The van der Waals surface area contributed by atoms with Gasteiger partial charge in [0, 0.05) is 31.2 Å². The highest BCUT2D eigenvalue weighted by molar-refractivity contribution is 4.95. The smallest absolute Gasteiger partial charge is 0.0304 e. The lowest BCUT2D eigenvalue weighted by molar-refractivity contribution is 0.0774. The van der Waals surface area contributed by atoms with Gasteiger partial charge < -0.3 is 5.32 Å². The highest BCUT2D eigenvalue weighted by atomic mass is 15.2. The van der Waals surface area contributed by atoms with Crippen molar-refractivity contribution in [2.75, 3.05) is 19.6 Å². The Labute approximate surface area is 107 Å². The standard InChI is InChI=1S/C15H30N2/c1-4-14(11-13-7-8-13)17-10-9-16-15(5-2,6-3)12-17/h13-14,16H,4-12H2,1-3H3. The van der Waals surface area contributed by atoms with Crippen LogP contribution in [0.1, 0.15) is 59.3 Å². The largest absolute Gasteiger partial charge is 0.309 e. The Hall–Kier alpha value is -0.0800. The maximum Gasteiger partial charge on any atom is 0.0304 e. The van der Waals surface area contributed by atoms with Crippen LogP contribution in [0.15, 0.2) is 0 Å². The predicted octanol–water partition coefficient (Wildman–Crippen LogP) is 3.03. The second-order valence-electron chi connectivity index (χ2n) is 6.13. The Balaban J connectivity index is 1.93. The zero-order valence-corrected chi connectivity index (χ0v) is 12.0. The number of rotatable bonds is 6. The molecular weight excluding hydrogens is 208 g/mol. The molecular formula is C15H30N2. The van der Waals surface area contributed by atoms with E-state index in [2.05, 4.69) is 31.0 Å². The first kappa shape index (κ1) is 13.4. The highest BCUT2D eigenvalue weighted by Crippen LogP contribution is 2.36. The minimum absolute atomic E-state index is 0.398. The number of nitrogens with zero attached hydrogens (tertiary/aromatic N) is 1. The summed E-state index contributed by atoms with van der Waals surface area (Å²) in [6.07, 6.45) is 8.31. The topological polar surface area (TPSA) is 15.3 Å². The van der Waals surface area contributed by atoms with Crippen molar-refractivity contribution in [2.45, 2.75) is 70.9 Å². The van der Waals surface area contributed by atoms with E-state index in [0.717, 1.165) is 12.0 Å². The van der Waals surface area contributed by atoms with Crippen LogP contribution in [-0.2, 0) is 0 Å². The molecule has 1 aliphatic carbocycles. The maximum atomic E-state index is 3.77. The molecule has 1 atom stereocenters. The molecule has 0 aromatic heterocycles. The molecule has 2 aliphatic rings. The molecule has 0 spiro atoms. The molecule has 1 saturated heterocycles. The fourth-order valence-electron chi connectivity index (χ4n) is 3.34. The number of nitrogens with one attached hydrogen (secondary N) is 1. The molecule has 2 fully saturated rings. The molecule has 2 nitrogen and oxygen atoms in total. The number of piperazine rings is 1. The molecule has 0 amide bonds. The predicted molar refractivity (Wildman–Crippen MR) is 74.3 cm³/mol. The number of hydrogen-bond donors (Lipinski definition) is 1. The van der Waals surface area contributed by atoms with Gasteiger partial charge in [-0.15, -0.1) is 0 Å². The first-order valence-electron chi connectivity index (χ1n) is 7.72. The van der Waals surface area contributed by atoms with Gasteiger partial charge in [0.25, 0.3) is 0 Å². The summed E-state index contributed by atoms with van der Waals surface area (Å²) in [6, 6.07) is 0.849. The van der Waals surface area contributed by atoms with E-state index in [9.17, 15) is 0 Å². The fourth-order valence-corrected chi connectivity index (χ4v) is 3.34. The fraction of sp³-hybridized carbons (Fsp3) is 1.00. The zero-order valence-electron chi connectivity index (χ0n) is 12.0. The molecule has 0 aromatic rings. The monoisotopic (exact) mass is 238 g/mol. The molecule has 1 aliphatic heterocycles. The van der Waals surface area contributed by atoms with Crippen LogP contribution in [0.3, 0.4) is 0 Å². The normalized spacial score (nSPS) is 27.0. The number of hydrogen-bond acceptors (Lipinski definition) is 2. The van der Waals surface area contributed by atoms with Gasteiger partial charge in [-0.3, -0.25) is 4.90 Å². The van der Waals surface area contributed by atoms with E-state index < -0.39 is 0 Å². The van der Waals surface area contributed by atoms with E-state index in [1.807, 2.05) is 0 Å². The third-order valence-corrected chi connectivity index (χ3v) is 5.05.